The van der Waals surface area contributed by atoms with Gasteiger partial charge in [0.2, 0.25) is 0 Å². The fraction of sp³-hybridized carbons (Fsp3) is 0.364. The van der Waals surface area contributed by atoms with Crippen molar-refractivity contribution in [2.75, 3.05) is 0 Å². The lowest BCUT2D eigenvalue weighted by atomic mass is 10.00. The maximum atomic E-state index is 8.75. The van der Waals surface area contributed by atoms with E-state index in [0.717, 1.165) is 24.0 Å². The SMILES string of the molecule is Cc1cc(C2(N)CC2)ccc1C#N. The molecule has 0 aliphatic heterocycles. The van der Waals surface area contributed by atoms with Gasteiger partial charge in [-0.25, -0.2) is 0 Å². The van der Waals surface area contributed by atoms with Gasteiger partial charge in [0.25, 0.3) is 0 Å². The molecule has 0 radical (unpaired) electrons. The zero-order valence-electron chi connectivity index (χ0n) is 7.67. The lowest BCUT2D eigenvalue weighted by molar-refractivity contribution is 0.739. The van der Waals surface area contributed by atoms with E-state index < -0.39 is 0 Å². The minimum atomic E-state index is -0.0846. The lowest BCUT2D eigenvalue weighted by Crippen LogP contribution is -2.18. The standard InChI is InChI=1S/C11H12N2/c1-8-6-10(11(13)4-5-11)3-2-9(8)7-12/h2-3,6H,4-5,13H2,1H3. The smallest absolute Gasteiger partial charge is 0.0994 e. The van der Waals surface area contributed by atoms with Gasteiger partial charge in [-0.2, -0.15) is 5.26 Å². The molecule has 2 N–H and O–H groups in total. The van der Waals surface area contributed by atoms with Crippen LogP contribution in [0.4, 0.5) is 0 Å². The molecule has 0 atom stereocenters. The van der Waals surface area contributed by atoms with Crippen LogP contribution < -0.4 is 5.73 Å². The van der Waals surface area contributed by atoms with Crippen LogP contribution in [0.3, 0.4) is 0 Å². The maximum absolute atomic E-state index is 8.75. The normalized spacial score (nSPS) is 17.9. The van der Waals surface area contributed by atoms with Crippen molar-refractivity contribution in [3.63, 3.8) is 0 Å². The van der Waals surface area contributed by atoms with E-state index in [0.29, 0.717) is 0 Å². The van der Waals surface area contributed by atoms with Crippen molar-refractivity contribution in [2.45, 2.75) is 25.3 Å². The van der Waals surface area contributed by atoms with Crippen LogP contribution in [0.15, 0.2) is 18.2 Å². The van der Waals surface area contributed by atoms with Crippen LogP contribution >= 0.6 is 0 Å². The molecule has 0 bridgehead atoms. The molecule has 66 valence electrons. The van der Waals surface area contributed by atoms with Crippen molar-refractivity contribution in [2.24, 2.45) is 5.73 Å². The zero-order valence-corrected chi connectivity index (χ0v) is 7.67. The van der Waals surface area contributed by atoms with Crippen molar-refractivity contribution in [3.05, 3.63) is 34.9 Å². The Balaban J connectivity index is 2.43. The van der Waals surface area contributed by atoms with Gasteiger partial charge in [-0.1, -0.05) is 12.1 Å². The molecule has 1 saturated carbocycles. The van der Waals surface area contributed by atoms with E-state index in [9.17, 15) is 0 Å². The quantitative estimate of drug-likeness (QED) is 0.702. The Bertz CT molecular complexity index is 384. The Morgan fingerprint density at radius 1 is 1.46 bits per heavy atom. The minimum Gasteiger partial charge on any atom is -0.321 e. The van der Waals surface area contributed by atoms with Crippen LogP contribution in [0.1, 0.15) is 29.5 Å². The van der Waals surface area contributed by atoms with Crippen LogP contribution in [-0.4, -0.2) is 0 Å². The summed E-state index contributed by atoms with van der Waals surface area (Å²) in [5.74, 6) is 0. The molecule has 1 aliphatic rings. The van der Waals surface area contributed by atoms with E-state index in [4.69, 9.17) is 11.0 Å². The van der Waals surface area contributed by atoms with E-state index in [1.165, 1.54) is 5.56 Å². The highest BCUT2D eigenvalue weighted by atomic mass is 14.8. The second-order valence-corrected chi connectivity index (χ2v) is 3.80. The van der Waals surface area contributed by atoms with E-state index in [-0.39, 0.29) is 5.54 Å². The first-order valence-corrected chi connectivity index (χ1v) is 4.46. The summed E-state index contributed by atoms with van der Waals surface area (Å²) in [7, 11) is 0. The number of rotatable bonds is 1. The van der Waals surface area contributed by atoms with Gasteiger partial charge < -0.3 is 5.73 Å². The molecule has 0 saturated heterocycles. The molecular formula is C11H12N2. The third kappa shape index (κ3) is 1.32. The van der Waals surface area contributed by atoms with Gasteiger partial charge in [0.05, 0.1) is 11.6 Å². The molecule has 1 aromatic rings. The summed E-state index contributed by atoms with van der Waals surface area (Å²) in [6.45, 7) is 1.95. The van der Waals surface area contributed by atoms with Crippen LogP contribution in [-0.2, 0) is 5.54 Å². The number of benzene rings is 1. The highest BCUT2D eigenvalue weighted by Crippen LogP contribution is 2.42. The van der Waals surface area contributed by atoms with Crippen molar-refractivity contribution in [1.29, 1.82) is 5.26 Å². The molecule has 13 heavy (non-hydrogen) atoms. The maximum Gasteiger partial charge on any atom is 0.0994 e. The predicted octanol–water partition coefficient (Wildman–Crippen LogP) is 1.81. The Labute approximate surface area is 78.0 Å². The number of hydrogen-bond acceptors (Lipinski definition) is 2. The Kier molecular flexibility index (Phi) is 1.64. The first-order valence-electron chi connectivity index (χ1n) is 4.46. The largest absolute Gasteiger partial charge is 0.321 e. The zero-order chi connectivity index (χ0) is 9.47. The fourth-order valence-corrected chi connectivity index (χ4v) is 1.52. The molecule has 0 unspecified atom stereocenters. The molecule has 0 aromatic heterocycles. The second-order valence-electron chi connectivity index (χ2n) is 3.80. The van der Waals surface area contributed by atoms with Crippen LogP contribution in [0.2, 0.25) is 0 Å². The third-order valence-electron chi connectivity index (χ3n) is 2.71. The van der Waals surface area contributed by atoms with Crippen LogP contribution in [0.25, 0.3) is 0 Å². The molecule has 0 amide bonds. The molecule has 1 fully saturated rings. The molecule has 2 rings (SSSR count). The summed E-state index contributed by atoms with van der Waals surface area (Å²) in [5.41, 5.74) is 8.90. The van der Waals surface area contributed by atoms with Crippen molar-refractivity contribution in [1.82, 2.24) is 0 Å². The van der Waals surface area contributed by atoms with E-state index in [1.807, 2.05) is 25.1 Å². The Morgan fingerprint density at radius 2 is 2.15 bits per heavy atom. The summed E-state index contributed by atoms with van der Waals surface area (Å²) < 4.78 is 0. The van der Waals surface area contributed by atoms with E-state index >= 15 is 0 Å². The van der Waals surface area contributed by atoms with Gasteiger partial charge in [0.1, 0.15) is 0 Å². The summed E-state index contributed by atoms with van der Waals surface area (Å²) in [4.78, 5) is 0. The highest BCUT2D eigenvalue weighted by Gasteiger charge is 2.39. The minimum absolute atomic E-state index is 0.0846. The van der Waals surface area contributed by atoms with Gasteiger partial charge in [-0.3, -0.25) is 0 Å². The molecule has 1 aromatic carbocycles. The van der Waals surface area contributed by atoms with Gasteiger partial charge in [0.15, 0.2) is 0 Å². The monoisotopic (exact) mass is 172 g/mol. The van der Waals surface area contributed by atoms with Gasteiger partial charge in [-0.05, 0) is 37.0 Å². The van der Waals surface area contributed by atoms with Gasteiger partial charge >= 0.3 is 0 Å². The molecule has 2 nitrogen and oxygen atoms in total. The van der Waals surface area contributed by atoms with E-state index in [2.05, 4.69) is 6.07 Å². The molecule has 0 heterocycles. The van der Waals surface area contributed by atoms with Gasteiger partial charge in [0, 0.05) is 5.54 Å². The summed E-state index contributed by atoms with van der Waals surface area (Å²) in [6, 6.07) is 8.02. The number of hydrogen-bond donors (Lipinski definition) is 1. The number of nitriles is 1. The Morgan fingerprint density at radius 3 is 2.62 bits per heavy atom. The average Bonchev–Trinajstić information content (AvgIpc) is 2.85. The topological polar surface area (TPSA) is 49.8 Å². The first-order chi connectivity index (χ1) is 6.15. The molecular weight excluding hydrogens is 160 g/mol. The molecule has 0 spiro atoms. The number of nitrogens with zero attached hydrogens (tertiary/aromatic N) is 1. The number of nitrogens with two attached hydrogens (primary N) is 1. The summed E-state index contributed by atoms with van der Waals surface area (Å²) in [5, 5.41) is 8.75. The van der Waals surface area contributed by atoms with E-state index in [1.54, 1.807) is 0 Å². The first kappa shape index (κ1) is 8.28. The lowest BCUT2D eigenvalue weighted by Gasteiger charge is -2.09. The second kappa shape index (κ2) is 2.58. The third-order valence-corrected chi connectivity index (χ3v) is 2.71. The van der Waals surface area contributed by atoms with Gasteiger partial charge in [-0.15, -0.1) is 0 Å². The highest BCUT2D eigenvalue weighted by molar-refractivity contribution is 5.42. The van der Waals surface area contributed by atoms with Crippen LogP contribution in [0, 0.1) is 18.3 Å². The predicted molar refractivity (Wildman–Crippen MR) is 51.0 cm³/mol. The summed E-state index contributed by atoms with van der Waals surface area (Å²) in [6.07, 6.45) is 2.14. The molecule has 2 heteroatoms. The Hall–Kier alpha value is -1.33. The number of aryl methyl sites for hydroxylation is 1. The molecule has 1 aliphatic carbocycles. The van der Waals surface area contributed by atoms with Crippen molar-refractivity contribution >= 4 is 0 Å². The van der Waals surface area contributed by atoms with Crippen molar-refractivity contribution < 1.29 is 0 Å². The van der Waals surface area contributed by atoms with Crippen LogP contribution in [0.5, 0.6) is 0 Å². The summed E-state index contributed by atoms with van der Waals surface area (Å²) >= 11 is 0. The average molecular weight is 172 g/mol. The van der Waals surface area contributed by atoms with Crippen molar-refractivity contribution in [3.8, 4) is 6.07 Å². The fourth-order valence-electron chi connectivity index (χ4n) is 1.52.